The summed E-state index contributed by atoms with van der Waals surface area (Å²) in [5.74, 6) is -0.0255. The number of hydrogen-bond donors (Lipinski definition) is 2. The van der Waals surface area contributed by atoms with Crippen LogP contribution in [0.25, 0.3) is 0 Å². The molecule has 1 aliphatic heterocycles. The highest BCUT2D eigenvalue weighted by Crippen LogP contribution is 2.23. The van der Waals surface area contributed by atoms with Crippen molar-refractivity contribution in [2.45, 2.75) is 19.9 Å². The van der Waals surface area contributed by atoms with Crippen molar-refractivity contribution in [1.29, 1.82) is 0 Å². The van der Waals surface area contributed by atoms with Gasteiger partial charge in [0, 0.05) is 22.7 Å². The Bertz CT molecular complexity index is 630. The van der Waals surface area contributed by atoms with Gasteiger partial charge in [0.05, 0.1) is 17.7 Å². The van der Waals surface area contributed by atoms with Crippen molar-refractivity contribution >= 4 is 47.7 Å². The Balaban J connectivity index is 0.00000110. The molecule has 1 aromatic heterocycles. The number of aryl methyl sites for hydroxylation is 1. The number of rotatable bonds is 3. The van der Waals surface area contributed by atoms with Gasteiger partial charge in [-0.05, 0) is 37.1 Å². The van der Waals surface area contributed by atoms with Gasteiger partial charge in [0.1, 0.15) is 0 Å². The van der Waals surface area contributed by atoms with E-state index in [2.05, 4.69) is 15.6 Å². The maximum atomic E-state index is 12.1. The van der Waals surface area contributed by atoms with E-state index in [0.29, 0.717) is 6.54 Å². The summed E-state index contributed by atoms with van der Waals surface area (Å²) in [5.41, 5.74) is 5.89. The lowest BCUT2D eigenvalue weighted by Crippen LogP contribution is -2.22. The molecule has 0 spiro atoms. The normalized spacial score (nSPS) is 11.7. The predicted octanol–water partition coefficient (Wildman–Crippen LogP) is 3.19. The van der Waals surface area contributed by atoms with E-state index in [1.165, 1.54) is 5.56 Å². The number of hydrogen-bond acceptors (Lipinski definition) is 4. The van der Waals surface area contributed by atoms with Crippen molar-refractivity contribution in [3.05, 3.63) is 45.4 Å². The highest BCUT2D eigenvalue weighted by molar-refractivity contribution is 7.09. The Morgan fingerprint density at radius 2 is 2.24 bits per heavy atom. The van der Waals surface area contributed by atoms with E-state index in [0.717, 1.165) is 34.8 Å². The number of anilines is 1. The van der Waals surface area contributed by atoms with E-state index in [4.69, 9.17) is 0 Å². The Kier molecular flexibility index (Phi) is 6.45. The van der Waals surface area contributed by atoms with Crippen molar-refractivity contribution in [2.24, 2.45) is 0 Å². The highest BCUT2D eigenvalue weighted by atomic mass is 35.5. The van der Waals surface area contributed by atoms with Gasteiger partial charge < -0.3 is 10.6 Å². The largest absolute Gasteiger partial charge is 0.384 e. The molecule has 0 bridgehead atoms. The van der Waals surface area contributed by atoms with E-state index in [-0.39, 0.29) is 30.7 Å². The first-order chi connectivity index (χ1) is 9.24. The minimum absolute atomic E-state index is 0. The molecule has 0 atom stereocenters. The standard InChI is InChI=1S/C14H15N3OS.2ClH/c1-9-13(19-8-17-9)7-16-14(18)11-2-3-12-10(6-11)4-5-15-12;;/h2-3,6,8,15H,4-5,7H2,1H3,(H,16,18);2*1H. The molecule has 0 aliphatic carbocycles. The molecule has 0 radical (unpaired) electrons. The first kappa shape index (κ1) is 17.8. The Morgan fingerprint density at radius 1 is 1.43 bits per heavy atom. The molecular weight excluding hydrogens is 329 g/mol. The first-order valence-corrected chi connectivity index (χ1v) is 7.16. The van der Waals surface area contributed by atoms with Crippen molar-refractivity contribution in [3.63, 3.8) is 0 Å². The van der Waals surface area contributed by atoms with Crippen molar-refractivity contribution < 1.29 is 4.79 Å². The maximum absolute atomic E-state index is 12.1. The molecule has 114 valence electrons. The third-order valence-corrected chi connectivity index (χ3v) is 4.27. The maximum Gasteiger partial charge on any atom is 0.251 e. The van der Waals surface area contributed by atoms with E-state index in [1.807, 2.05) is 25.1 Å². The number of halogens is 2. The average Bonchev–Trinajstić information content (AvgIpc) is 3.03. The van der Waals surface area contributed by atoms with E-state index < -0.39 is 0 Å². The number of nitrogens with one attached hydrogen (secondary N) is 2. The van der Waals surface area contributed by atoms with E-state index in [9.17, 15) is 4.79 Å². The van der Waals surface area contributed by atoms with Crippen LogP contribution in [0, 0.1) is 6.92 Å². The van der Waals surface area contributed by atoms with Gasteiger partial charge in [-0.1, -0.05) is 0 Å². The molecule has 21 heavy (non-hydrogen) atoms. The average molecular weight is 346 g/mol. The summed E-state index contributed by atoms with van der Waals surface area (Å²) in [6, 6.07) is 5.82. The molecule has 1 aromatic carbocycles. The van der Waals surface area contributed by atoms with Gasteiger partial charge in [0.25, 0.3) is 5.91 Å². The van der Waals surface area contributed by atoms with Gasteiger partial charge in [-0.3, -0.25) is 4.79 Å². The van der Waals surface area contributed by atoms with Crippen LogP contribution >= 0.6 is 36.2 Å². The van der Waals surface area contributed by atoms with Gasteiger partial charge >= 0.3 is 0 Å². The van der Waals surface area contributed by atoms with Crippen LogP contribution in [-0.2, 0) is 13.0 Å². The van der Waals surface area contributed by atoms with Gasteiger partial charge in [0.15, 0.2) is 0 Å². The minimum atomic E-state index is -0.0255. The van der Waals surface area contributed by atoms with Crippen LogP contribution in [0.3, 0.4) is 0 Å². The molecule has 0 saturated carbocycles. The molecule has 2 N–H and O–H groups in total. The molecule has 2 aromatic rings. The van der Waals surface area contributed by atoms with Crippen molar-refractivity contribution in [3.8, 4) is 0 Å². The Labute approximate surface area is 140 Å². The number of thiazole rings is 1. The summed E-state index contributed by atoms with van der Waals surface area (Å²) in [5, 5.41) is 6.23. The van der Waals surface area contributed by atoms with Crippen LogP contribution in [0.4, 0.5) is 5.69 Å². The number of aromatic nitrogens is 1. The zero-order chi connectivity index (χ0) is 13.2. The van der Waals surface area contributed by atoms with Crippen LogP contribution in [0.1, 0.15) is 26.5 Å². The zero-order valence-corrected chi connectivity index (χ0v) is 14.0. The fourth-order valence-corrected chi connectivity index (χ4v) is 2.92. The van der Waals surface area contributed by atoms with Crippen LogP contribution in [-0.4, -0.2) is 17.4 Å². The lowest BCUT2D eigenvalue weighted by Gasteiger charge is -2.06. The van der Waals surface area contributed by atoms with Crippen molar-refractivity contribution in [1.82, 2.24) is 10.3 Å². The van der Waals surface area contributed by atoms with E-state index in [1.54, 1.807) is 16.8 Å². The molecule has 3 rings (SSSR count). The number of fused-ring (bicyclic) bond motifs is 1. The van der Waals surface area contributed by atoms with Gasteiger partial charge in [-0.25, -0.2) is 4.98 Å². The van der Waals surface area contributed by atoms with Gasteiger partial charge in [0.2, 0.25) is 0 Å². The molecule has 0 saturated heterocycles. The Hall–Kier alpha value is -1.30. The monoisotopic (exact) mass is 345 g/mol. The summed E-state index contributed by atoms with van der Waals surface area (Å²) < 4.78 is 0. The fourth-order valence-electron chi connectivity index (χ4n) is 2.20. The second-order valence-electron chi connectivity index (χ2n) is 4.59. The molecule has 0 unspecified atom stereocenters. The Morgan fingerprint density at radius 3 is 2.95 bits per heavy atom. The van der Waals surface area contributed by atoms with Gasteiger partial charge in [-0.2, -0.15) is 0 Å². The molecule has 1 aliphatic rings. The van der Waals surface area contributed by atoms with E-state index >= 15 is 0 Å². The third kappa shape index (κ3) is 3.87. The number of carbonyl (C=O) groups is 1. The summed E-state index contributed by atoms with van der Waals surface area (Å²) in [7, 11) is 0. The summed E-state index contributed by atoms with van der Waals surface area (Å²) >= 11 is 1.57. The number of carbonyl (C=O) groups excluding carboxylic acids is 1. The molecule has 2 heterocycles. The molecule has 4 nitrogen and oxygen atoms in total. The molecular formula is C14H17Cl2N3OS. The first-order valence-electron chi connectivity index (χ1n) is 6.28. The highest BCUT2D eigenvalue weighted by Gasteiger charge is 2.13. The lowest BCUT2D eigenvalue weighted by atomic mass is 10.1. The van der Waals surface area contributed by atoms with Crippen LogP contribution < -0.4 is 10.6 Å². The third-order valence-electron chi connectivity index (χ3n) is 3.33. The van der Waals surface area contributed by atoms with Crippen LogP contribution in [0.5, 0.6) is 0 Å². The summed E-state index contributed by atoms with van der Waals surface area (Å²) in [4.78, 5) is 17.4. The lowest BCUT2D eigenvalue weighted by molar-refractivity contribution is 0.0951. The quantitative estimate of drug-likeness (QED) is 0.897. The summed E-state index contributed by atoms with van der Waals surface area (Å²) in [6.07, 6.45) is 0.990. The zero-order valence-electron chi connectivity index (χ0n) is 11.5. The van der Waals surface area contributed by atoms with Crippen LogP contribution in [0.15, 0.2) is 23.7 Å². The SMILES string of the molecule is Cc1ncsc1CNC(=O)c1ccc2c(c1)CCN2.Cl.Cl. The van der Waals surface area contributed by atoms with Crippen LogP contribution in [0.2, 0.25) is 0 Å². The number of amides is 1. The van der Waals surface area contributed by atoms with Crippen molar-refractivity contribution in [2.75, 3.05) is 11.9 Å². The summed E-state index contributed by atoms with van der Waals surface area (Å²) in [6.45, 7) is 3.46. The second-order valence-corrected chi connectivity index (χ2v) is 5.53. The predicted molar refractivity (Wildman–Crippen MR) is 91.2 cm³/mol. The van der Waals surface area contributed by atoms with Gasteiger partial charge in [-0.15, -0.1) is 36.2 Å². The second kappa shape index (κ2) is 7.64. The minimum Gasteiger partial charge on any atom is -0.384 e. The topological polar surface area (TPSA) is 54.0 Å². The number of benzene rings is 1. The smallest absolute Gasteiger partial charge is 0.251 e. The number of nitrogens with zero attached hydrogens (tertiary/aromatic N) is 1. The molecule has 1 amide bonds. The molecule has 0 fully saturated rings. The molecule has 7 heteroatoms. The fraction of sp³-hybridized carbons (Fsp3) is 0.286.